The van der Waals surface area contributed by atoms with Crippen molar-refractivity contribution in [2.75, 3.05) is 32.7 Å². The summed E-state index contributed by atoms with van der Waals surface area (Å²) in [5.74, 6) is 0.0300. The topological polar surface area (TPSA) is 23.6 Å². The molecule has 0 spiro atoms. The first kappa shape index (κ1) is 14.8. The Morgan fingerprint density at radius 3 is 2.63 bits per heavy atom. The predicted octanol–water partition coefficient (Wildman–Crippen LogP) is 3.27. The largest absolute Gasteiger partial charge is 0.336 e. The van der Waals surface area contributed by atoms with E-state index in [1.165, 1.54) is 0 Å². The fourth-order valence-electron chi connectivity index (χ4n) is 2.32. The molecule has 0 bridgehead atoms. The third kappa shape index (κ3) is 3.71. The smallest absolute Gasteiger partial charge is 0.255 e. The number of hydrogen-bond donors (Lipinski definition) is 0. The Labute approximate surface area is 127 Å². The van der Waals surface area contributed by atoms with E-state index >= 15 is 0 Å². The molecule has 1 aliphatic rings. The first-order valence-corrected chi connectivity index (χ1v) is 7.75. The van der Waals surface area contributed by atoms with Crippen LogP contribution in [0.15, 0.2) is 22.7 Å². The van der Waals surface area contributed by atoms with Crippen molar-refractivity contribution in [1.29, 1.82) is 0 Å². The third-order valence-corrected chi connectivity index (χ3v) is 4.18. The number of carbonyl (C=O) groups excluding carboxylic acids is 1. The minimum atomic E-state index is 0.0300. The summed E-state index contributed by atoms with van der Waals surface area (Å²) in [6, 6.07) is 5.40. The molecular formula is C14H18BrClN2O. The Hall–Kier alpha value is -0.580. The van der Waals surface area contributed by atoms with Crippen LogP contribution in [-0.2, 0) is 0 Å². The van der Waals surface area contributed by atoms with Crippen molar-refractivity contribution in [2.24, 2.45) is 0 Å². The van der Waals surface area contributed by atoms with Gasteiger partial charge in [0.1, 0.15) is 0 Å². The van der Waals surface area contributed by atoms with Gasteiger partial charge in [-0.1, -0.05) is 34.5 Å². The van der Waals surface area contributed by atoms with E-state index in [-0.39, 0.29) is 5.91 Å². The number of benzene rings is 1. The van der Waals surface area contributed by atoms with E-state index in [0.29, 0.717) is 10.6 Å². The molecule has 1 amide bonds. The van der Waals surface area contributed by atoms with Crippen molar-refractivity contribution < 1.29 is 4.79 Å². The summed E-state index contributed by atoms with van der Waals surface area (Å²) in [6.45, 7) is 6.75. The highest BCUT2D eigenvalue weighted by Gasteiger charge is 2.23. The quantitative estimate of drug-likeness (QED) is 0.839. The van der Waals surface area contributed by atoms with Crippen LogP contribution in [0.25, 0.3) is 0 Å². The standard InChI is InChI=1S/C14H18BrClN2O/c1-2-5-17-6-8-18(9-7-17)14(19)12-10-11(15)3-4-13(12)16/h3-4,10H,2,5-9H2,1H3. The van der Waals surface area contributed by atoms with Crippen LogP contribution in [0.2, 0.25) is 5.02 Å². The van der Waals surface area contributed by atoms with Gasteiger partial charge >= 0.3 is 0 Å². The number of amides is 1. The third-order valence-electron chi connectivity index (χ3n) is 3.36. The Morgan fingerprint density at radius 2 is 2.00 bits per heavy atom. The summed E-state index contributed by atoms with van der Waals surface area (Å²) in [5.41, 5.74) is 0.583. The summed E-state index contributed by atoms with van der Waals surface area (Å²) >= 11 is 9.49. The van der Waals surface area contributed by atoms with E-state index in [1.807, 2.05) is 11.0 Å². The van der Waals surface area contributed by atoms with E-state index < -0.39 is 0 Å². The molecule has 0 aliphatic carbocycles. The Kier molecular flexibility index (Phi) is 5.25. The van der Waals surface area contributed by atoms with Gasteiger partial charge in [0.05, 0.1) is 10.6 Å². The van der Waals surface area contributed by atoms with Crippen molar-refractivity contribution in [3.05, 3.63) is 33.3 Å². The molecule has 0 aromatic heterocycles. The van der Waals surface area contributed by atoms with Crippen LogP contribution in [0.1, 0.15) is 23.7 Å². The average Bonchev–Trinajstić information content (AvgIpc) is 2.42. The van der Waals surface area contributed by atoms with Crippen LogP contribution >= 0.6 is 27.5 Å². The lowest BCUT2D eigenvalue weighted by atomic mass is 10.2. The lowest BCUT2D eigenvalue weighted by Crippen LogP contribution is -2.48. The molecule has 0 saturated carbocycles. The zero-order valence-corrected chi connectivity index (χ0v) is 13.4. The van der Waals surface area contributed by atoms with Crippen LogP contribution in [0.5, 0.6) is 0 Å². The molecule has 0 unspecified atom stereocenters. The lowest BCUT2D eigenvalue weighted by molar-refractivity contribution is 0.0637. The van der Waals surface area contributed by atoms with Crippen molar-refractivity contribution >= 4 is 33.4 Å². The average molecular weight is 346 g/mol. The van der Waals surface area contributed by atoms with Crippen molar-refractivity contribution in [1.82, 2.24) is 9.80 Å². The van der Waals surface area contributed by atoms with Crippen molar-refractivity contribution in [3.63, 3.8) is 0 Å². The highest BCUT2D eigenvalue weighted by atomic mass is 79.9. The summed E-state index contributed by atoms with van der Waals surface area (Å²) in [5, 5.41) is 0.518. The first-order chi connectivity index (χ1) is 9.11. The van der Waals surface area contributed by atoms with Crippen LogP contribution in [-0.4, -0.2) is 48.4 Å². The first-order valence-electron chi connectivity index (χ1n) is 6.58. The molecule has 5 heteroatoms. The van der Waals surface area contributed by atoms with Gasteiger partial charge in [0.2, 0.25) is 0 Å². The Balaban J connectivity index is 2.03. The molecule has 0 atom stereocenters. The van der Waals surface area contributed by atoms with Gasteiger partial charge in [-0.25, -0.2) is 0 Å². The van der Waals surface area contributed by atoms with Gasteiger partial charge in [-0.2, -0.15) is 0 Å². The maximum absolute atomic E-state index is 12.4. The zero-order chi connectivity index (χ0) is 13.8. The fraction of sp³-hybridized carbons (Fsp3) is 0.500. The molecular weight excluding hydrogens is 328 g/mol. The molecule has 1 aromatic carbocycles. The van der Waals surface area contributed by atoms with E-state index in [0.717, 1.165) is 43.6 Å². The maximum atomic E-state index is 12.4. The van der Waals surface area contributed by atoms with Gasteiger partial charge in [0.25, 0.3) is 5.91 Å². The molecule has 19 heavy (non-hydrogen) atoms. The lowest BCUT2D eigenvalue weighted by Gasteiger charge is -2.34. The van der Waals surface area contributed by atoms with E-state index in [2.05, 4.69) is 27.8 Å². The number of carbonyl (C=O) groups is 1. The monoisotopic (exact) mass is 344 g/mol. The van der Waals surface area contributed by atoms with E-state index in [4.69, 9.17) is 11.6 Å². The molecule has 0 N–H and O–H groups in total. The van der Waals surface area contributed by atoms with Gasteiger partial charge in [-0.3, -0.25) is 9.69 Å². The molecule has 3 nitrogen and oxygen atoms in total. The fourth-order valence-corrected chi connectivity index (χ4v) is 2.88. The van der Waals surface area contributed by atoms with Crippen LogP contribution < -0.4 is 0 Å². The van der Waals surface area contributed by atoms with Gasteiger partial charge < -0.3 is 4.90 Å². The van der Waals surface area contributed by atoms with Crippen molar-refractivity contribution in [3.8, 4) is 0 Å². The minimum absolute atomic E-state index is 0.0300. The van der Waals surface area contributed by atoms with Crippen molar-refractivity contribution in [2.45, 2.75) is 13.3 Å². The van der Waals surface area contributed by atoms with Gasteiger partial charge in [-0.05, 0) is 31.2 Å². The van der Waals surface area contributed by atoms with E-state index in [1.54, 1.807) is 12.1 Å². The summed E-state index contributed by atoms with van der Waals surface area (Å²) in [7, 11) is 0. The summed E-state index contributed by atoms with van der Waals surface area (Å²) < 4.78 is 0.880. The number of piperazine rings is 1. The Morgan fingerprint density at radius 1 is 1.32 bits per heavy atom. The molecule has 2 rings (SSSR count). The normalized spacial score (nSPS) is 16.7. The molecule has 1 aromatic rings. The summed E-state index contributed by atoms with van der Waals surface area (Å²) in [4.78, 5) is 16.7. The second-order valence-electron chi connectivity index (χ2n) is 4.76. The molecule has 1 fully saturated rings. The highest BCUT2D eigenvalue weighted by molar-refractivity contribution is 9.10. The van der Waals surface area contributed by atoms with Gasteiger partial charge in [0, 0.05) is 30.7 Å². The molecule has 1 aliphatic heterocycles. The minimum Gasteiger partial charge on any atom is -0.336 e. The van der Waals surface area contributed by atoms with E-state index in [9.17, 15) is 4.79 Å². The molecule has 1 heterocycles. The SMILES string of the molecule is CCCN1CCN(C(=O)c2cc(Br)ccc2Cl)CC1. The number of nitrogens with zero attached hydrogens (tertiary/aromatic N) is 2. The Bertz CT molecular complexity index is 459. The predicted molar refractivity (Wildman–Crippen MR) is 81.8 cm³/mol. The van der Waals surface area contributed by atoms with Crippen LogP contribution in [0, 0.1) is 0 Å². The number of halogens is 2. The number of hydrogen-bond acceptors (Lipinski definition) is 2. The number of rotatable bonds is 3. The molecule has 104 valence electrons. The zero-order valence-electron chi connectivity index (χ0n) is 11.0. The highest BCUT2D eigenvalue weighted by Crippen LogP contribution is 2.23. The maximum Gasteiger partial charge on any atom is 0.255 e. The molecule has 1 saturated heterocycles. The van der Waals surface area contributed by atoms with Gasteiger partial charge in [0.15, 0.2) is 0 Å². The summed E-state index contributed by atoms with van der Waals surface area (Å²) in [6.07, 6.45) is 1.16. The van der Waals surface area contributed by atoms with Crippen LogP contribution in [0.3, 0.4) is 0 Å². The van der Waals surface area contributed by atoms with Gasteiger partial charge in [-0.15, -0.1) is 0 Å². The van der Waals surface area contributed by atoms with Crippen LogP contribution in [0.4, 0.5) is 0 Å². The second kappa shape index (κ2) is 6.73. The second-order valence-corrected chi connectivity index (χ2v) is 6.08. The molecule has 0 radical (unpaired) electrons.